The van der Waals surface area contributed by atoms with Crippen molar-refractivity contribution in [3.05, 3.63) is 83.4 Å². The van der Waals surface area contributed by atoms with E-state index in [0.29, 0.717) is 35.3 Å². The first kappa shape index (κ1) is 22.2. The number of carbonyl (C=O) groups is 1. The molecule has 1 N–H and O–H groups in total. The molecule has 5 nitrogen and oxygen atoms in total. The molecule has 0 bridgehead atoms. The SMILES string of the molecule is CCOc1ccc(C(=O)Nc2ccc(C(C)C)cc2)cc1COc1ccccc1OC. The predicted octanol–water partition coefficient (Wildman–Crippen LogP) is 6.05. The van der Waals surface area contributed by atoms with Gasteiger partial charge in [-0.25, -0.2) is 0 Å². The summed E-state index contributed by atoms with van der Waals surface area (Å²) >= 11 is 0. The number of ether oxygens (including phenoxy) is 3. The van der Waals surface area contributed by atoms with Gasteiger partial charge in [-0.3, -0.25) is 4.79 Å². The van der Waals surface area contributed by atoms with Crippen LogP contribution in [0, 0.1) is 0 Å². The molecule has 0 atom stereocenters. The highest BCUT2D eigenvalue weighted by atomic mass is 16.5. The molecule has 31 heavy (non-hydrogen) atoms. The topological polar surface area (TPSA) is 56.8 Å². The monoisotopic (exact) mass is 419 g/mol. The van der Waals surface area contributed by atoms with E-state index >= 15 is 0 Å². The van der Waals surface area contributed by atoms with E-state index in [1.54, 1.807) is 25.3 Å². The van der Waals surface area contributed by atoms with Crippen molar-refractivity contribution in [2.24, 2.45) is 0 Å². The van der Waals surface area contributed by atoms with Crippen LogP contribution in [0.2, 0.25) is 0 Å². The normalized spacial score (nSPS) is 10.6. The third-order valence-corrected chi connectivity index (χ3v) is 4.91. The van der Waals surface area contributed by atoms with Crippen molar-refractivity contribution in [1.29, 1.82) is 0 Å². The highest BCUT2D eigenvalue weighted by Crippen LogP contribution is 2.29. The molecule has 0 aliphatic rings. The Morgan fingerprint density at radius 1 is 0.903 bits per heavy atom. The van der Waals surface area contributed by atoms with E-state index < -0.39 is 0 Å². The molecule has 3 rings (SSSR count). The first-order valence-corrected chi connectivity index (χ1v) is 10.4. The van der Waals surface area contributed by atoms with E-state index in [9.17, 15) is 4.79 Å². The molecule has 0 aromatic heterocycles. The van der Waals surface area contributed by atoms with E-state index in [1.165, 1.54) is 5.56 Å². The second-order valence-electron chi connectivity index (χ2n) is 7.43. The number of rotatable bonds is 9. The molecule has 0 heterocycles. The Bertz CT molecular complexity index is 1010. The van der Waals surface area contributed by atoms with Crippen molar-refractivity contribution in [1.82, 2.24) is 0 Å². The molecule has 3 aromatic carbocycles. The second-order valence-corrected chi connectivity index (χ2v) is 7.43. The minimum Gasteiger partial charge on any atom is -0.493 e. The molecule has 0 unspecified atom stereocenters. The summed E-state index contributed by atoms with van der Waals surface area (Å²) in [6.45, 7) is 6.98. The maximum Gasteiger partial charge on any atom is 0.255 e. The summed E-state index contributed by atoms with van der Waals surface area (Å²) in [4.78, 5) is 12.8. The maximum absolute atomic E-state index is 12.8. The Morgan fingerprint density at radius 3 is 2.26 bits per heavy atom. The van der Waals surface area contributed by atoms with Crippen molar-refractivity contribution in [2.45, 2.75) is 33.3 Å². The first-order chi connectivity index (χ1) is 15.0. The number of para-hydroxylation sites is 2. The molecule has 0 radical (unpaired) electrons. The first-order valence-electron chi connectivity index (χ1n) is 10.4. The fourth-order valence-corrected chi connectivity index (χ4v) is 3.18. The molecule has 0 aliphatic heterocycles. The fraction of sp³-hybridized carbons (Fsp3) is 0.269. The number of nitrogens with one attached hydrogen (secondary N) is 1. The number of benzene rings is 3. The number of methoxy groups -OCH3 is 1. The largest absolute Gasteiger partial charge is 0.493 e. The molecule has 0 aliphatic carbocycles. The lowest BCUT2D eigenvalue weighted by molar-refractivity contribution is 0.102. The lowest BCUT2D eigenvalue weighted by atomic mass is 10.0. The molecule has 0 spiro atoms. The van der Waals surface area contributed by atoms with Crippen LogP contribution < -0.4 is 19.5 Å². The van der Waals surface area contributed by atoms with Crippen LogP contribution in [0.3, 0.4) is 0 Å². The molecule has 0 fully saturated rings. The smallest absolute Gasteiger partial charge is 0.255 e. The molecule has 162 valence electrons. The lowest BCUT2D eigenvalue weighted by Gasteiger charge is -2.15. The third-order valence-electron chi connectivity index (χ3n) is 4.91. The van der Waals surface area contributed by atoms with E-state index in [2.05, 4.69) is 19.2 Å². The number of hydrogen-bond acceptors (Lipinski definition) is 4. The predicted molar refractivity (Wildman–Crippen MR) is 123 cm³/mol. The minimum atomic E-state index is -0.182. The van der Waals surface area contributed by atoms with Crippen LogP contribution in [0.1, 0.15) is 48.2 Å². The van der Waals surface area contributed by atoms with Crippen LogP contribution in [0.5, 0.6) is 17.2 Å². The van der Waals surface area contributed by atoms with E-state index in [1.807, 2.05) is 55.5 Å². The second kappa shape index (κ2) is 10.5. The van der Waals surface area contributed by atoms with Crippen LogP contribution in [0.15, 0.2) is 66.7 Å². The number of anilines is 1. The average molecular weight is 420 g/mol. The van der Waals surface area contributed by atoms with Gasteiger partial charge in [0.1, 0.15) is 12.4 Å². The van der Waals surface area contributed by atoms with Gasteiger partial charge in [-0.15, -0.1) is 0 Å². The number of carbonyl (C=O) groups excluding carboxylic acids is 1. The molecule has 3 aromatic rings. The van der Waals surface area contributed by atoms with Crippen LogP contribution >= 0.6 is 0 Å². The summed E-state index contributed by atoms with van der Waals surface area (Å²) in [7, 11) is 1.60. The van der Waals surface area contributed by atoms with Gasteiger partial charge in [0.15, 0.2) is 11.5 Å². The van der Waals surface area contributed by atoms with Crippen LogP contribution in [0.25, 0.3) is 0 Å². The van der Waals surface area contributed by atoms with Crippen molar-refractivity contribution >= 4 is 11.6 Å². The van der Waals surface area contributed by atoms with Gasteiger partial charge in [-0.05, 0) is 60.9 Å². The van der Waals surface area contributed by atoms with Crippen molar-refractivity contribution in [2.75, 3.05) is 19.0 Å². The maximum atomic E-state index is 12.8. The number of hydrogen-bond donors (Lipinski definition) is 1. The third kappa shape index (κ3) is 5.79. The van der Waals surface area contributed by atoms with Gasteiger partial charge >= 0.3 is 0 Å². The Kier molecular flexibility index (Phi) is 7.55. The van der Waals surface area contributed by atoms with Gasteiger partial charge in [-0.2, -0.15) is 0 Å². The summed E-state index contributed by atoms with van der Waals surface area (Å²) in [5.41, 5.74) is 3.32. The molecule has 5 heteroatoms. The van der Waals surface area contributed by atoms with Gasteiger partial charge in [0, 0.05) is 16.8 Å². The summed E-state index contributed by atoms with van der Waals surface area (Å²) in [6, 6.07) is 20.7. The molecular formula is C26H29NO4. The summed E-state index contributed by atoms with van der Waals surface area (Å²) in [5, 5.41) is 2.95. The van der Waals surface area contributed by atoms with Crippen LogP contribution in [-0.4, -0.2) is 19.6 Å². The average Bonchev–Trinajstić information content (AvgIpc) is 2.79. The Balaban J connectivity index is 1.77. The molecular weight excluding hydrogens is 390 g/mol. The quantitative estimate of drug-likeness (QED) is 0.459. The van der Waals surface area contributed by atoms with Crippen LogP contribution in [0.4, 0.5) is 5.69 Å². The Labute approximate surface area is 184 Å². The Hall–Kier alpha value is -3.47. The standard InChI is InChI=1S/C26H29NO4/c1-5-30-23-15-12-20(26(28)27-22-13-10-19(11-14-22)18(2)3)16-21(23)17-31-25-9-7-6-8-24(25)29-4/h6-16,18H,5,17H2,1-4H3,(H,27,28). The highest BCUT2D eigenvalue weighted by Gasteiger charge is 2.13. The van der Waals surface area contributed by atoms with Crippen molar-refractivity contribution < 1.29 is 19.0 Å². The Morgan fingerprint density at radius 2 is 1.61 bits per heavy atom. The van der Waals surface area contributed by atoms with E-state index in [0.717, 1.165) is 11.3 Å². The van der Waals surface area contributed by atoms with E-state index in [-0.39, 0.29) is 12.5 Å². The zero-order chi connectivity index (χ0) is 22.2. The van der Waals surface area contributed by atoms with Crippen LogP contribution in [-0.2, 0) is 6.61 Å². The van der Waals surface area contributed by atoms with Gasteiger partial charge in [0.2, 0.25) is 0 Å². The lowest BCUT2D eigenvalue weighted by Crippen LogP contribution is -2.13. The van der Waals surface area contributed by atoms with Crippen molar-refractivity contribution in [3.8, 4) is 17.2 Å². The summed E-state index contributed by atoms with van der Waals surface area (Å²) in [6.07, 6.45) is 0. The zero-order valence-corrected chi connectivity index (χ0v) is 18.5. The molecule has 1 amide bonds. The van der Waals surface area contributed by atoms with Gasteiger partial charge in [0.05, 0.1) is 13.7 Å². The molecule has 0 saturated heterocycles. The van der Waals surface area contributed by atoms with Crippen molar-refractivity contribution in [3.63, 3.8) is 0 Å². The van der Waals surface area contributed by atoms with E-state index in [4.69, 9.17) is 14.2 Å². The fourth-order valence-electron chi connectivity index (χ4n) is 3.18. The minimum absolute atomic E-state index is 0.182. The summed E-state index contributed by atoms with van der Waals surface area (Å²) < 4.78 is 17.0. The zero-order valence-electron chi connectivity index (χ0n) is 18.5. The number of amides is 1. The van der Waals surface area contributed by atoms with Gasteiger partial charge in [0.25, 0.3) is 5.91 Å². The summed E-state index contributed by atoms with van der Waals surface area (Å²) in [5.74, 6) is 2.24. The van der Waals surface area contributed by atoms with Gasteiger partial charge < -0.3 is 19.5 Å². The molecule has 0 saturated carbocycles. The van der Waals surface area contributed by atoms with Gasteiger partial charge in [-0.1, -0.05) is 38.1 Å². The highest BCUT2D eigenvalue weighted by molar-refractivity contribution is 6.04.